The molecule has 1 heterocycles. The van der Waals surface area contributed by atoms with E-state index in [1.807, 2.05) is 5.32 Å². The van der Waals surface area contributed by atoms with E-state index >= 15 is 0 Å². The van der Waals surface area contributed by atoms with E-state index in [-0.39, 0.29) is 5.69 Å². The van der Waals surface area contributed by atoms with Gasteiger partial charge in [0.15, 0.2) is 0 Å². The van der Waals surface area contributed by atoms with E-state index in [0.29, 0.717) is 5.56 Å². The van der Waals surface area contributed by atoms with Gasteiger partial charge in [-0.05, 0) is 29.8 Å². The van der Waals surface area contributed by atoms with E-state index in [2.05, 4.69) is 15.0 Å². The Morgan fingerprint density at radius 2 is 2.00 bits per heavy atom. The molecule has 0 spiro atoms. The SMILES string of the molecule is O=C(Nc1cc(F)ccc1F)O/N=C/c1ccncc1. The quantitative estimate of drug-likeness (QED) is 0.533. The lowest BCUT2D eigenvalue weighted by Crippen LogP contribution is -2.12. The number of anilines is 1. The third kappa shape index (κ3) is 3.84. The van der Waals surface area contributed by atoms with Crippen LogP contribution in [-0.4, -0.2) is 17.3 Å². The average Bonchev–Trinajstić information content (AvgIpc) is 2.44. The van der Waals surface area contributed by atoms with Gasteiger partial charge in [-0.1, -0.05) is 5.16 Å². The smallest absolute Gasteiger partial charge is 0.298 e. The normalized spacial score (nSPS) is 10.5. The molecule has 0 unspecified atom stereocenters. The van der Waals surface area contributed by atoms with E-state index in [1.165, 1.54) is 6.21 Å². The molecule has 20 heavy (non-hydrogen) atoms. The van der Waals surface area contributed by atoms with Crippen molar-refractivity contribution < 1.29 is 18.4 Å². The second-order valence-electron chi connectivity index (χ2n) is 3.64. The van der Waals surface area contributed by atoms with Crippen LogP contribution in [0.1, 0.15) is 5.56 Å². The Balaban J connectivity index is 1.93. The number of aromatic nitrogens is 1. The third-order valence-corrected chi connectivity index (χ3v) is 2.21. The Morgan fingerprint density at radius 1 is 1.25 bits per heavy atom. The number of pyridine rings is 1. The fourth-order valence-electron chi connectivity index (χ4n) is 1.31. The number of oxime groups is 1. The lowest BCUT2D eigenvalue weighted by atomic mass is 10.3. The molecule has 0 aliphatic heterocycles. The zero-order valence-electron chi connectivity index (χ0n) is 10.1. The van der Waals surface area contributed by atoms with Crippen LogP contribution >= 0.6 is 0 Å². The first kappa shape index (κ1) is 13.6. The van der Waals surface area contributed by atoms with Gasteiger partial charge in [0.05, 0.1) is 11.9 Å². The van der Waals surface area contributed by atoms with Crippen molar-refractivity contribution in [3.63, 3.8) is 0 Å². The van der Waals surface area contributed by atoms with Crippen LogP contribution in [0.4, 0.5) is 19.3 Å². The zero-order chi connectivity index (χ0) is 14.4. The molecule has 0 atom stereocenters. The molecule has 0 radical (unpaired) electrons. The summed E-state index contributed by atoms with van der Waals surface area (Å²) in [5.74, 6) is -1.46. The highest BCUT2D eigenvalue weighted by atomic mass is 19.1. The van der Waals surface area contributed by atoms with Gasteiger partial charge in [-0.15, -0.1) is 0 Å². The summed E-state index contributed by atoms with van der Waals surface area (Å²) in [6, 6.07) is 5.97. The standard InChI is InChI=1S/C13H9F2N3O2/c14-10-1-2-11(15)12(7-10)18-13(19)20-17-8-9-3-5-16-6-4-9/h1-8H,(H,18,19)/b17-8+. The number of carbonyl (C=O) groups is 1. The molecule has 1 aromatic heterocycles. The van der Waals surface area contributed by atoms with Crippen LogP contribution < -0.4 is 5.32 Å². The Hall–Kier alpha value is -2.83. The number of halogens is 2. The third-order valence-electron chi connectivity index (χ3n) is 2.21. The number of hydrogen-bond donors (Lipinski definition) is 1. The van der Waals surface area contributed by atoms with Crippen molar-refractivity contribution in [1.82, 2.24) is 4.98 Å². The minimum Gasteiger partial charge on any atom is -0.298 e. The number of benzene rings is 1. The molecule has 2 rings (SSSR count). The van der Waals surface area contributed by atoms with Gasteiger partial charge in [0, 0.05) is 18.5 Å². The summed E-state index contributed by atoms with van der Waals surface area (Å²) in [5.41, 5.74) is 0.346. The van der Waals surface area contributed by atoms with Gasteiger partial charge in [0.2, 0.25) is 0 Å². The second kappa shape index (κ2) is 6.37. The lowest BCUT2D eigenvalue weighted by Gasteiger charge is -2.03. The average molecular weight is 277 g/mol. The van der Waals surface area contributed by atoms with Crippen LogP contribution in [0.15, 0.2) is 47.9 Å². The maximum Gasteiger partial charge on any atom is 0.437 e. The summed E-state index contributed by atoms with van der Waals surface area (Å²) in [4.78, 5) is 19.6. The molecule has 2 aromatic rings. The van der Waals surface area contributed by atoms with E-state index < -0.39 is 17.7 Å². The number of carbonyl (C=O) groups excluding carboxylic acids is 1. The Morgan fingerprint density at radius 3 is 2.75 bits per heavy atom. The lowest BCUT2D eigenvalue weighted by molar-refractivity contribution is 0.167. The summed E-state index contributed by atoms with van der Waals surface area (Å²) < 4.78 is 26.1. The largest absolute Gasteiger partial charge is 0.437 e. The summed E-state index contributed by atoms with van der Waals surface area (Å²) in [5, 5.41) is 5.44. The molecule has 1 N–H and O–H groups in total. The molecule has 5 nitrogen and oxygen atoms in total. The molecule has 0 bridgehead atoms. The van der Waals surface area contributed by atoms with E-state index in [4.69, 9.17) is 0 Å². The van der Waals surface area contributed by atoms with Crippen LogP contribution in [0.2, 0.25) is 0 Å². The fourth-order valence-corrected chi connectivity index (χ4v) is 1.31. The van der Waals surface area contributed by atoms with Crippen LogP contribution in [0.3, 0.4) is 0 Å². The minimum atomic E-state index is -1.03. The van der Waals surface area contributed by atoms with Crippen molar-refractivity contribution in [3.05, 3.63) is 59.9 Å². The van der Waals surface area contributed by atoms with Gasteiger partial charge in [0.25, 0.3) is 0 Å². The topological polar surface area (TPSA) is 63.6 Å². The Labute approximate surface area is 112 Å². The van der Waals surface area contributed by atoms with Gasteiger partial charge < -0.3 is 0 Å². The molecule has 102 valence electrons. The van der Waals surface area contributed by atoms with Crippen molar-refractivity contribution in [2.24, 2.45) is 5.16 Å². The molecular formula is C13H9F2N3O2. The first-order valence-corrected chi connectivity index (χ1v) is 5.51. The van der Waals surface area contributed by atoms with Gasteiger partial charge in [-0.25, -0.2) is 13.6 Å². The van der Waals surface area contributed by atoms with E-state index in [1.54, 1.807) is 24.5 Å². The fraction of sp³-hybridized carbons (Fsp3) is 0. The number of amides is 1. The molecule has 0 saturated carbocycles. The highest BCUT2D eigenvalue weighted by Crippen LogP contribution is 2.15. The predicted molar refractivity (Wildman–Crippen MR) is 68.3 cm³/mol. The zero-order valence-corrected chi connectivity index (χ0v) is 10.1. The van der Waals surface area contributed by atoms with E-state index in [9.17, 15) is 13.6 Å². The van der Waals surface area contributed by atoms with Crippen molar-refractivity contribution >= 4 is 18.0 Å². The van der Waals surface area contributed by atoms with Crippen molar-refractivity contribution in [1.29, 1.82) is 0 Å². The second-order valence-corrected chi connectivity index (χ2v) is 3.64. The molecule has 0 saturated heterocycles. The maximum atomic E-state index is 13.2. The van der Waals surface area contributed by atoms with Crippen LogP contribution in [0.5, 0.6) is 0 Å². The summed E-state index contributed by atoms with van der Waals surface area (Å²) >= 11 is 0. The van der Waals surface area contributed by atoms with Gasteiger partial charge in [-0.3, -0.25) is 15.1 Å². The Kier molecular flexibility index (Phi) is 4.33. The highest BCUT2D eigenvalue weighted by molar-refractivity contribution is 5.85. The summed E-state index contributed by atoms with van der Waals surface area (Å²) in [7, 11) is 0. The molecule has 0 aliphatic rings. The molecule has 1 amide bonds. The van der Waals surface area contributed by atoms with Crippen LogP contribution in [0, 0.1) is 11.6 Å². The van der Waals surface area contributed by atoms with Gasteiger partial charge in [-0.2, -0.15) is 0 Å². The summed E-state index contributed by atoms with van der Waals surface area (Å²) in [6.07, 6.45) is 3.34. The van der Waals surface area contributed by atoms with Gasteiger partial charge in [0.1, 0.15) is 11.6 Å². The molecule has 0 aliphatic carbocycles. The van der Waals surface area contributed by atoms with Crippen LogP contribution in [-0.2, 0) is 4.84 Å². The Bertz CT molecular complexity index is 633. The highest BCUT2D eigenvalue weighted by Gasteiger charge is 2.08. The first-order chi connectivity index (χ1) is 9.65. The molecule has 7 heteroatoms. The molecular weight excluding hydrogens is 268 g/mol. The number of rotatable bonds is 3. The number of hydrogen-bond acceptors (Lipinski definition) is 4. The van der Waals surface area contributed by atoms with Crippen LogP contribution in [0.25, 0.3) is 0 Å². The first-order valence-electron chi connectivity index (χ1n) is 5.51. The molecule has 1 aromatic carbocycles. The minimum absolute atomic E-state index is 0.325. The number of nitrogens with one attached hydrogen (secondary N) is 1. The maximum absolute atomic E-state index is 13.2. The van der Waals surface area contributed by atoms with Crippen molar-refractivity contribution in [2.75, 3.05) is 5.32 Å². The van der Waals surface area contributed by atoms with E-state index in [0.717, 1.165) is 18.2 Å². The van der Waals surface area contributed by atoms with Gasteiger partial charge >= 0.3 is 6.09 Å². The predicted octanol–water partition coefficient (Wildman–Crippen LogP) is 2.94. The summed E-state index contributed by atoms with van der Waals surface area (Å²) in [6.45, 7) is 0. The monoisotopic (exact) mass is 277 g/mol. The van der Waals surface area contributed by atoms with Crippen molar-refractivity contribution in [2.45, 2.75) is 0 Å². The number of nitrogens with zero attached hydrogens (tertiary/aromatic N) is 2. The molecule has 0 fully saturated rings. The van der Waals surface area contributed by atoms with Crippen molar-refractivity contribution in [3.8, 4) is 0 Å².